The molecule has 21 heavy (non-hydrogen) atoms. The molecule has 0 fully saturated rings. The van der Waals surface area contributed by atoms with Crippen LogP contribution in [-0.2, 0) is 0 Å². The largest absolute Gasteiger partial charge is 0.381 e. The summed E-state index contributed by atoms with van der Waals surface area (Å²) in [6, 6.07) is 2.09. The quantitative estimate of drug-likeness (QED) is 0.800. The van der Waals surface area contributed by atoms with Crippen LogP contribution in [0.1, 0.15) is 50.9 Å². The summed E-state index contributed by atoms with van der Waals surface area (Å²) >= 11 is 0. The van der Waals surface area contributed by atoms with E-state index in [4.69, 9.17) is 0 Å². The first kappa shape index (κ1) is 17.4. The Bertz CT molecular complexity index is 466. The van der Waals surface area contributed by atoms with Crippen molar-refractivity contribution in [3.05, 3.63) is 29.3 Å². The predicted molar refractivity (Wildman–Crippen MR) is 81.5 cm³/mol. The number of benzene rings is 1. The zero-order valence-electron chi connectivity index (χ0n) is 13.1. The van der Waals surface area contributed by atoms with E-state index >= 15 is 0 Å². The number of hydrogen-bond donors (Lipinski definition) is 2. The van der Waals surface area contributed by atoms with E-state index in [2.05, 4.69) is 24.5 Å². The fraction of sp³-hybridized carbons (Fsp3) is 0.562. The molecule has 1 aromatic carbocycles. The van der Waals surface area contributed by atoms with Crippen molar-refractivity contribution in [2.24, 2.45) is 5.92 Å². The number of carbonyl (C=O) groups excluding carboxylic acids is 1. The van der Waals surface area contributed by atoms with Crippen molar-refractivity contribution < 1.29 is 13.6 Å². The molecule has 0 aliphatic carbocycles. The summed E-state index contributed by atoms with van der Waals surface area (Å²) in [5, 5.41) is 5.37. The lowest BCUT2D eigenvalue weighted by atomic mass is 10.0. The van der Waals surface area contributed by atoms with E-state index in [0.29, 0.717) is 12.5 Å². The van der Waals surface area contributed by atoms with Gasteiger partial charge in [-0.05, 0) is 44.7 Å². The maximum Gasteiger partial charge on any atom is 0.251 e. The zero-order valence-corrected chi connectivity index (χ0v) is 13.1. The maximum atomic E-state index is 13.8. The molecule has 1 unspecified atom stereocenters. The molecular formula is C16H24F2N2O. The van der Waals surface area contributed by atoms with Gasteiger partial charge >= 0.3 is 0 Å². The van der Waals surface area contributed by atoms with Crippen molar-refractivity contribution in [3.8, 4) is 0 Å². The van der Waals surface area contributed by atoms with E-state index in [-0.39, 0.29) is 17.3 Å². The second-order valence-corrected chi connectivity index (χ2v) is 5.69. The van der Waals surface area contributed by atoms with Crippen LogP contribution in [-0.4, -0.2) is 18.5 Å². The highest BCUT2D eigenvalue weighted by atomic mass is 19.1. The standard InChI is InChI=1S/C16H24F2N2O/c1-5-19-15-13(17)8-12(9-14(15)18)16(21)20-11(4)7-6-10(2)3/h8-11,19H,5-7H2,1-4H3,(H,20,21). The van der Waals surface area contributed by atoms with Gasteiger partial charge in [-0.25, -0.2) is 8.78 Å². The topological polar surface area (TPSA) is 41.1 Å². The van der Waals surface area contributed by atoms with Gasteiger partial charge in [0.1, 0.15) is 17.3 Å². The highest BCUT2D eigenvalue weighted by molar-refractivity contribution is 5.94. The molecule has 5 heteroatoms. The van der Waals surface area contributed by atoms with Crippen molar-refractivity contribution in [3.63, 3.8) is 0 Å². The number of carbonyl (C=O) groups is 1. The van der Waals surface area contributed by atoms with Gasteiger partial charge in [0.25, 0.3) is 5.91 Å². The van der Waals surface area contributed by atoms with Gasteiger partial charge in [0.05, 0.1) is 0 Å². The van der Waals surface area contributed by atoms with Crippen molar-refractivity contribution in [2.75, 3.05) is 11.9 Å². The number of anilines is 1. The van der Waals surface area contributed by atoms with Crippen molar-refractivity contribution in [2.45, 2.75) is 46.6 Å². The average Bonchev–Trinajstić information content (AvgIpc) is 2.40. The highest BCUT2D eigenvalue weighted by Crippen LogP contribution is 2.20. The van der Waals surface area contributed by atoms with Crippen molar-refractivity contribution >= 4 is 11.6 Å². The number of amides is 1. The first-order valence-corrected chi connectivity index (χ1v) is 7.38. The Labute approximate surface area is 125 Å². The fourth-order valence-corrected chi connectivity index (χ4v) is 2.01. The Balaban J connectivity index is 2.74. The molecule has 0 radical (unpaired) electrons. The zero-order chi connectivity index (χ0) is 16.0. The number of hydrogen-bond acceptors (Lipinski definition) is 2. The molecule has 2 N–H and O–H groups in total. The van der Waals surface area contributed by atoms with Crippen molar-refractivity contribution in [1.29, 1.82) is 0 Å². The Hall–Kier alpha value is -1.65. The molecule has 0 bridgehead atoms. The summed E-state index contributed by atoms with van der Waals surface area (Å²) in [6.07, 6.45) is 1.83. The summed E-state index contributed by atoms with van der Waals surface area (Å²) in [4.78, 5) is 12.0. The molecule has 1 aromatic rings. The number of rotatable bonds is 7. The third kappa shape index (κ3) is 5.33. The lowest BCUT2D eigenvalue weighted by Gasteiger charge is -2.16. The molecule has 0 aliphatic heterocycles. The Morgan fingerprint density at radius 1 is 1.14 bits per heavy atom. The summed E-state index contributed by atoms with van der Waals surface area (Å²) in [7, 11) is 0. The third-order valence-electron chi connectivity index (χ3n) is 3.21. The van der Waals surface area contributed by atoms with Gasteiger partial charge in [0.2, 0.25) is 0 Å². The van der Waals surface area contributed by atoms with E-state index in [1.807, 2.05) is 6.92 Å². The highest BCUT2D eigenvalue weighted by Gasteiger charge is 2.16. The number of halogens is 2. The SMILES string of the molecule is CCNc1c(F)cc(C(=O)NC(C)CCC(C)C)cc1F. The second-order valence-electron chi connectivity index (χ2n) is 5.69. The van der Waals surface area contributed by atoms with Crippen LogP contribution in [0.4, 0.5) is 14.5 Å². The minimum atomic E-state index is -0.753. The number of nitrogens with one attached hydrogen (secondary N) is 2. The van der Waals surface area contributed by atoms with Gasteiger partial charge in [-0.3, -0.25) is 4.79 Å². The van der Waals surface area contributed by atoms with Gasteiger partial charge in [-0.15, -0.1) is 0 Å². The second kappa shape index (κ2) is 7.96. The average molecular weight is 298 g/mol. The molecule has 3 nitrogen and oxygen atoms in total. The fourth-order valence-electron chi connectivity index (χ4n) is 2.01. The predicted octanol–water partition coefficient (Wildman–Crippen LogP) is 3.95. The van der Waals surface area contributed by atoms with Gasteiger partial charge in [0, 0.05) is 18.2 Å². The molecule has 1 amide bonds. The van der Waals surface area contributed by atoms with Crippen molar-refractivity contribution in [1.82, 2.24) is 5.32 Å². The normalized spacial score (nSPS) is 12.3. The van der Waals surface area contributed by atoms with Crippen LogP contribution >= 0.6 is 0 Å². The molecule has 0 saturated carbocycles. The van der Waals surface area contributed by atoms with Crippen LogP contribution in [0.3, 0.4) is 0 Å². The summed E-state index contributed by atoms with van der Waals surface area (Å²) in [6.45, 7) is 8.26. The van der Waals surface area contributed by atoms with Gasteiger partial charge in [-0.1, -0.05) is 13.8 Å². The summed E-state index contributed by atoms with van der Waals surface area (Å²) in [5.74, 6) is -1.40. The van der Waals surface area contributed by atoms with Crippen LogP contribution in [0, 0.1) is 17.6 Å². The maximum absolute atomic E-state index is 13.8. The smallest absolute Gasteiger partial charge is 0.251 e. The Morgan fingerprint density at radius 2 is 1.71 bits per heavy atom. The van der Waals surface area contributed by atoms with Crippen LogP contribution in [0.25, 0.3) is 0 Å². The molecule has 0 aliphatic rings. The van der Waals surface area contributed by atoms with Gasteiger partial charge in [-0.2, -0.15) is 0 Å². The molecule has 0 spiro atoms. The van der Waals surface area contributed by atoms with Crippen LogP contribution < -0.4 is 10.6 Å². The van der Waals surface area contributed by atoms with Crippen LogP contribution in [0.15, 0.2) is 12.1 Å². The Kier molecular flexibility index (Phi) is 6.59. The van der Waals surface area contributed by atoms with E-state index in [1.54, 1.807) is 6.92 Å². The van der Waals surface area contributed by atoms with Gasteiger partial charge in [0.15, 0.2) is 0 Å². The summed E-state index contributed by atoms with van der Waals surface area (Å²) < 4.78 is 27.5. The van der Waals surface area contributed by atoms with E-state index in [9.17, 15) is 13.6 Å². The lowest BCUT2D eigenvalue weighted by molar-refractivity contribution is 0.0936. The molecule has 1 rings (SSSR count). The molecular weight excluding hydrogens is 274 g/mol. The lowest BCUT2D eigenvalue weighted by Crippen LogP contribution is -2.33. The summed E-state index contributed by atoms with van der Waals surface area (Å²) in [5.41, 5.74) is -0.190. The molecule has 0 saturated heterocycles. The first-order chi connectivity index (χ1) is 9.85. The first-order valence-electron chi connectivity index (χ1n) is 7.38. The molecule has 0 aromatic heterocycles. The minimum absolute atomic E-state index is 0.00282. The van der Waals surface area contributed by atoms with Crippen LogP contribution in [0.2, 0.25) is 0 Å². The van der Waals surface area contributed by atoms with Crippen LogP contribution in [0.5, 0.6) is 0 Å². The Morgan fingerprint density at radius 3 is 2.19 bits per heavy atom. The minimum Gasteiger partial charge on any atom is -0.381 e. The molecule has 0 heterocycles. The van der Waals surface area contributed by atoms with E-state index in [1.165, 1.54) is 0 Å². The monoisotopic (exact) mass is 298 g/mol. The molecule has 118 valence electrons. The molecule has 1 atom stereocenters. The third-order valence-corrected chi connectivity index (χ3v) is 3.21. The van der Waals surface area contributed by atoms with E-state index < -0.39 is 17.5 Å². The van der Waals surface area contributed by atoms with E-state index in [0.717, 1.165) is 25.0 Å². The van der Waals surface area contributed by atoms with Gasteiger partial charge < -0.3 is 10.6 Å².